The van der Waals surface area contributed by atoms with E-state index in [0.29, 0.717) is 30.5 Å². The molecular weight excluding hydrogens is 232 g/mol. The summed E-state index contributed by atoms with van der Waals surface area (Å²) in [7, 11) is 0. The molecule has 1 amide bonds. The number of ether oxygens (including phenoxy) is 1. The number of nitrogens with zero attached hydrogens (tertiary/aromatic N) is 1. The van der Waals surface area contributed by atoms with Gasteiger partial charge in [0, 0.05) is 12.5 Å². The van der Waals surface area contributed by atoms with Crippen LogP contribution in [0.2, 0.25) is 0 Å². The molecule has 1 heterocycles. The van der Waals surface area contributed by atoms with Crippen LogP contribution >= 0.6 is 0 Å². The minimum atomic E-state index is -0.247. The number of carbonyl (C=O) groups excluding carboxylic acids is 1. The lowest BCUT2D eigenvalue weighted by molar-refractivity contribution is 0.0745. The van der Waals surface area contributed by atoms with Crippen molar-refractivity contribution in [1.29, 1.82) is 0 Å². The van der Waals surface area contributed by atoms with Gasteiger partial charge in [-0.2, -0.15) is 5.10 Å². The Labute approximate surface area is 106 Å². The van der Waals surface area contributed by atoms with Crippen molar-refractivity contribution in [1.82, 2.24) is 15.5 Å². The van der Waals surface area contributed by atoms with Crippen LogP contribution in [0.25, 0.3) is 0 Å². The van der Waals surface area contributed by atoms with Crippen LogP contribution in [0.3, 0.4) is 0 Å². The number of amides is 1. The molecular formula is C12H20N4O2. The summed E-state index contributed by atoms with van der Waals surface area (Å²) >= 11 is 0. The molecule has 0 unspecified atom stereocenters. The zero-order valence-corrected chi connectivity index (χ0v) is 10.8. The molecule has 6 nitrogen and oxygen atoms in total. The third kappa shape index (κ3) is 3.01. The number of nitrogen functional groups attached to an aromatic ring is 1. The number of rotatable bonds is 6. The fourth-order valence-corrected chi connectivity index (χ4v) is 1.76. The second-order valence-electron chi connectivity index (χ2n) is 4.85. The molecule has 4 N–H and O–H groups in total. The van der Waals surface area contributed by atoms with E-state index in [-0.39, 0.29) is 12.0 Å². The van der Waals surface area contributed by atoms with Crippen molar-refractivity contribution in [2.75, 3.05) is 18.9 Å². The lowest BCUT2D eigenvalue weighted by Crippen LogP contribution is -2.28. The van der Waals surface area contributed by atoms with Crippen LogP contribution in [0.15, 0.2) is 0 Å². The average molecular weight is 252 g/mol. The van der Waals surface area contributed by atoms with Crippen molar-refractivity contribution in [3.05, 3.63) is 11.4 Å². The third-order valence-corrected chi connectivity index (χ3v) is 2.87. The molecule has 1 aliphatic rings. The molecule has 0 spiro atoms. The minimum absolute atomic E-state index is 0.166. The molecule has 2 rings (SSSR count). The summed E-state index contributed by atoms with van der Waals surface area (Å²) in [6, 6.07) is 0. The van der Waals surface area contributed by atoms with E-state index in [4.69, 9.17) is 10.5 Å². The Hall–Kier alpha value is -1.56. The quantitative estimate of drug-likeness (QED) is 0.659. The molecule has 0 atom stereocenters. The summed E-state index contributed by atoms with van der Waals surface area (Å²) in [6.45, 7) is 4.86. The van der Waals surface area contributed by atoms with Crippen molar-refractivity contribution >= 4 is 11.6 Å². The van der Waals surface area contributed by atoms with Crippen molar-refractivity contribution in [2.45, 2.75) is 38.7 Å². The number of aromatic amines is 1. The number of nitrogens with one attached hydrogen (secondary N) is 2. The van der Waals surface area contributed by atoms with E-state index < -0.39 is 0 Å². The summed E-state index contributed by atoms with van der Waals surface area (Å²) in [5, 5.41) is 9.59. The molecule has 1 saturated carbocycles. The van der Waals surface area contributed by atoms with E-state index in [1.54, 1.807) is 0 Å². The lowest BCUT2D eigenvalue weighted by atomic mass is 10.2. The number of aromatic nitrogens is 2. The molecule has 1 aromatic heterocycles. The highest BCUT2D eigenvalue weighted by Gasteiger charge is 2.30. The Morgan fingerprint density at radius 2 is 2.33 bits per heavy atom. The molecule has 0 aliphatic heterocycles. The number of hydrogen-bond donors (Lipinski definition) is 3. The molecule has 1 aliphatic carbocycles. The van der Waals surface area contributed by atoms with Gasteiger partial charge < -0.3 is 15.8 Å². The third-order valence-electron chi connectivity index (χ3n) is 2.87. The first-order chi connectivity index (χ1) is 8.59. The maximum Gasteiger partial charge on any atom is 0.274 e. The Bertz CT molecular complexity index is 424. The molecule has 0 aromatic carbocycles. The van der Waals surface area contributed by atoms with Gasteiger partial charge in [-0.15, -0.1) is 0 Å². The largest absolute Gasteiger partial charge is 0.395 e. The fourth-order valence-electron chi connectivity index (χ4n) is 1.76. The van der Waals surface area contributed by atoms with Gasteiger partial charge in [-0.05, 0) is 26.7 Å². The summed E-state index contributed by atoms with van der Waals surface area (Å²) in [5.41, 5.74) is 7.59. The summed E-state index contributed by atoms with van der Waals surface area (Å²) in [4.78, 5) is 11.8. The Balaban J connectivity index is 1.85. The fraction of sp³-hybridized carbons (Fsp3) is 0.667. The highest BCUT2D eigenvalue weighted by molar-refractivity contribution is 5.97. The average Bonchev–Trinajstić information content (AvgIpc) is 3.08. The van der Waals surface area contributed by atoms with Gasteiger partial charge in [0.25, 0.3) is 5.91 Å². The van der Waals surface area contributed by atoms with Crippen molar-refractivity contribution < 1.29 is 9.53 Å². The molecule has 18 heavy (non-hydrogen) atoms. The zero-order chi connectivity index (χ0) is 13.1. The van der Waals surface area contributed by atoms with Crippen LogP contribution in [0.4, 0.5) is 5.69 Å². The standard InChI is InChI=1S/C12H20N4O2/c1-7(2)18-6-5-14-12(17)11-9(13)10(15-16-11)8-3-4-8/h7-8H,3-6,13H2,1-2H3,(H,14,17)(H,15,16). The van der Waals surface area contributed by atoms with Crippen LogP contribution in [0.1, 0.15) is 48.8 Å². The van der Waals surface area contributed by atoms with Gasteiger partial charge in [0.05, 0.1) is 24.1 Å². The van der Waals surface area contributed by atoms with E-state index in [1.165, 1.54) is 0 Å². The van der Waals surface area contributed by atoms with Crippen molar-refractivity contribution in [3.63, 3.8) is 0 Å². The maximum absolute atomic E-state index is 11.8. The van der Waals surface area contributed by atoms with Gasteiger partial charge in [-0.3, -0.25) is 9.89 Å². The van der Waals surface area contributed by atoms with Crippen LogP contribution < -0.4 is 11.1 Å². The van der Waals surface area contributed by atoms with E-state index in [0.717, 1.165) is 18.5 Å². The minimum Gasteiger partial charge on any atom is -0.395 e. The monoisotopic (exact) mass is 252 g/mol. The Morgan fingerprint density at radius 3 is 2.94 bits per heavy atom. The number of H-pyrrole nitrogens is 1. The SMILES string of the molecule is CC(C)OCCNC(=O)c1n[nH]c(C2CC2)c1N. The van der Waals surface area contributed by atoms with E-state index in [2.05, 4.69) is 15.5 Å². The van der Waals surface area contributed by atoms with Crippen LogP contribution in [-0.2, 0) is 4.74 Å². The normalized spacial score (nSPS) is 15.1. The molecule has 1 aromatic rings. The van der Waals surface area contributed by atoms with E-state index in [1.807, 2.05) is 13.8 Å². The Morgan fingerprint density at radius 1 is 1.61 bits per heavy atom. The van der Waals surface area contributed by atoms with Crippen LogP contribution in [0.5, 0.6) is 0 Å². The molecule has 0 radical (unpaired) electrons. The molecule has 6 heteroatoms. The molecule has 100 valence electrons. The maximum atomic E-state index is 11.8. The first kappa shape index (κ1) is 12.9. The summed E-state index contributed by atoms with van der Waals surface area (Å²) in [5.74, 6) is 0.214. The van der Waals surface area contributed by atoms with Gasteiger partial charge in [-0.1, -0.05) is 0 Å². The number of hydrogen-bond acceptors (Lipinski definition) is 4. The zero-order valence-electron chi connectivity index (χ0n) is 10.8. The predicted molar refractivity (Wildman–Crippen MR) is 68.4 cm³/mol. The number of anilines is 1. The van der Waals surface area contributed by atoms with Gasteiger partial charge in [-0.25, -0.2) is 0 Å². The Kier molecular flexibility index (Phi) is 3.86. The molecule has 0 bridgehead atoms. The van der Waals surface area contributed by atoms with E-state index in [9.17, 15) is 4.79 Å². The van der Waals surface area contributed by atoms with Gasteiger partial charge in [0.15, 0.2) is 5.69 Å². The lowest BCUT2D eigenvalue weighted by Gasteiger charge is -2.08. The van der Waals surface area contributed by atoms with Crippen LogP contribution in [-0.4, -0.2) is 35.4 Å². The molecule has 1 fully saturated rings. The first-order valence-electron chi connectivity index (χ1n) is 6.33. The highest BCUT2D eigenvalue weighted by Crippen LogP contribution is 2.42. The number of nitrogens with two attached hydrogens (primary N) is 1. The smallest absolute Gasteiger partial charge is 0.274 e. The second-order valence-corrected chi connectivity index (χ2v) is 4.85. The van der Waals surface area contributed by atoms with Crippen LogP contribution in [0, 0.1) is 0 Å². The predicted octanol–water partition coefficient (Wildman–Crippen LogP) is 1.02. The second kappa shape index (κ2) is 5.39. The highest BCUT2D eigenvalue weighted by atomic mass is 16.5. The molecule has 0 saturated heterocycles. The van der Waals surface area contributed by atoms with Crippen molar-refractivity contribution in [3.8, 4) is 0 Å². The van der Waals surface area contributed by atoms with Gasteiger partial charge >= 0.3 is 0 Å². The van der Waals surface area contributed by atoms with Gasteiger partial charge in [0.1, 0.15) is 0 Å². The van der Waals surface area contributed by atoms with Gasteiger partial charge in [0.2, 0.25) is 0 Å². The number of carbonyl (C=O) groups is 1. The van der Waals surface area contributed by atoms with E-state index >= 15 is 0 Å². The van der Waals surface area contributed by atoms with Crippen molar-refractivity contribution in [2.24, 2.45) is 0 Å². The topological polar surface area (TPSA) is 93.0 Å². The first-order valence-corrected chi connectivity index (χ1v) is 6.33. The summed E-state index contributed by atoms with van der Waals surface area (Å²) in [6.07, 6.45) is 2.41. The summed E-state index contributed by atoms with van der Waals surface area (Å²) < 4.78 is 5.34.